The Bertz CT molecular complexity index is 159. The Balaban J connectivity index is 0. The van der Waals surface area contributed by atoms with Gasteiger partial charge in [0.05, 0.1) is 0 Å². The van der Waals surface area contributed by atoms with Gasteiger partial charge < -0.3 is 32.3 Å². The van der Waals surface area contributed by atoms with Crippen LogP contribution in [0.2, 0.25) is 0 Å². The number of rotatable bonds is 12. The van der Waals surface area contributed by atoms with Gasteiger partial charge in [-0.1, -0.05) is 40.0 Å². The van der Waals surface area contributed by atoms with Gasteiger partial charge in [-0.3, -0.25) is 0 Å². The Morgan fingerprint density at radius 3 is 1.20 bits per heavy atom. The van der Waals surface area contributed by atoms with Crippen molar-refractivity contribution in [3.63, 3.8) is 0 Å². The molecule has 0 saturated heterocycles. The second-order valence-electron chi connectivity index (χ2n) is 3.64. The molecule has 11 heteroatoms. The summed E-state index contributed by atoms with van der Waals surface area (Å²) >= 11 is -2.11. The standard InChI is InChI=1S/C9H24BN6.3ClH.W/c1-4-7-11-14-10(15-12-8-5-2)16-13-9-6-3;;;;/h14-16H,4-9H2,1-3H3;3*1H;/q-3;;;;+3/p-3. The maximum absolute atomic E-state index is 5.00. The zero-order valence-electron chi connectivity index (χ0n) is 12.2. The van der Waals surface area contributed by atoms with Crippen LogP contribution in [0, 0.1) is 0 Å². The summed E-state index contributed by atoms with van der Waals surface area (Å²) in [7, 11) is 14.8. The molecule has 0 aliphatic rings. The molecule has 0 radical (unpaired) electrons. The number of hydrogen-bond acceptors (Lipinski definition) is 3. The quantitative estimate of drug-likeness (QED) is 0.209. The van der Waals surface area contributed by atoms with Gasteiger partial charge in [0.1, 0.15) is 0 Å². The minimum atomic E-state index is -2.11. The number of hydrogen-bond donors (Lipinski definition) is 3. The predicted molar refractivity (Wildman–Crippen MR) is 88.3 cm³/mol. The molecule has 0 atom stereocenters. The van der Waals surface area contributed by atoms with Gasteiger partial charge in [0, 0.05) is 0 Å². The second kappa shape index (κ2) is 20.4. The van der Waals surface area contributed by atoms with Crippen molar-refractivity contribution >= 4 is 35.4 Å². The molecule has 123 valence electrons. The van der Waals surface area contributed by atoms with Crippen molar-refractivity contribution in [3.8, 4) is 0 Å². The van der Waals surface area contributed by atoms with Gasteiger partial charge in [0.25, 0.3) is 0 Å². The summed E-state index contributed by atoms with van der Waals surface area (Å²) in [5.74, 6) is 0. The molecule has 0 saturated carbocycles. The van der Waals surface area contributed by atoms with Crippen LogP contribution in [-0.2, 0) is 14.2 Å². The number of halogens is 3. The third kappa shape index (κ3) is 24.4. The van der Waals surface area contributed by atoms with E-state index in [0.717, 1.165) is 38.9 Å². The summed E-state index contributed by atoms with van der Waals surface area (Å²) < 4.78 is 0. The van der Waals surface area contributed by atoms with E-state index in [1.165, 1.54) is 0 Å². The zero-order valence-corrected chi connectivity index (χ0v) is 17.4. The fourth-order valence-corrected chi connectivity index (χ4v) is 0.890. The van der Waals surface area contributed by atoms with Crippen LogP contribution in [0.25, 0.3) is 16.3 Å². The van der Waals surface area contributed by atoms with Crippen molar-refractivity contribution < 1.29 is 14.2 Å². The molecule has 6 nitrogen and oxygen atoms in total. The SMILES string of the molecule is CCC[N-]NB(N[N-]CCC)N[N-]CCC.[Cl][W]([Cl])[Cl]. The van der Waals surface area contributed by atoms with E-state index in [1.807, 2.05) is 0 Å². The van der Waals surface area contributed by atoms with Crippen molar-refractivity contribution in [2.75, 3.05) is 19.6 Å². The third-order valence-electron chi connectivity index (χ3n) is 1.67. The van der Waals surface area contributed by atoms with Crippen LogP contribution in [0.4, 0.5) is 0 Å². The first-order valence-electron chi connectivity index (χ1n) is 6.57. The van der Waals surface area contributed by atoms with Crippen LogP contribution in [0.5, 0.6) is 0 Å². The van der Waals surface area contributed by atoms with Gasteiger partial charge in [-0.05, 0) is 0 Å². The van der Waals surface area contributed by atoms with Gasteiger partial charge in [-0.15, -0.1) is 19.6 Å². The molecule has 0 aromatic rings. The third-order valence-corrected chi connectivity index (χ3v) is 1.67. The Kier molecular flexibility index (Phi) is 24.1. The van der Waals surface area contributed by atoms with Gasteiger partial charge in [-0.2, -0.15) is 0 Å². The molecule has 0 unspecified atom stereocenters. The topological polar surface area (TPSA) is 78.4 Å². The average molecular weight is 517 g/mol. The Morgan fingerprint density at radius 2 is 1.00 bits per heavy atom. The molecule has 20 heavy (non-hydrogen) atoms. The Morgan fingerprint density at radius 1 is 0.750 bits per heavy atom. The van der Waals surface area contributed by atoms with E-state index < -0.39 is 14.2 Å². The minimum absolute atomic E-state index is 0.204. The van der Waals surface area contributed by atoms with E-state index in [1.54, 1.807) is 0 Å². The van der Waals surface area contributed by atoms with Crippen LogP contribution in [0.15, 0.2) is 0 Å². The van der Waals surface area contributed by atoms with E-state index in [2.05, 4.69) is 53.1 Å². The van der Waals surface area contributed by atoms with Crippen LogP contribution >= 0.6 is 28.3 Å². The molecule has 0 spiro atoms. The summed E-state index contributed by atoms with van der Waals surface area (Å²) in [4.78, 5) is 0. The maximum atomic E-state index is 5.00. The first kappa shape index (κ1) is 23.6. The van der Waals surface area contributed by atoms with Gasteiger partial charge in [0.2, 0.25) is 0 Å². The molecule has 0 aromatic carbocycles. The van der Waals surface area contributed by atoms with E-state index in [4.69, 9.17) is 28.3 Å². The van der Waals surface area contributed by atoms with E-state index in [-0.39, 0.29) is 7.12 Å². The molecule has 0 rings (SSSR count). The van der Waals surface area contributed by atoms with Crippen molar-refractivity contribution in [1.29, 1.82) is 0 Å². The normalized spacial score (nSPS) is 10.3. The monoisotopic (exact) mass is 516 g/mol. The number of nitrogens with one attached hydrogen (secondary N) is 3. The summed E-state index contributed by atoms with van der Waals surface area (Å²) in [6.07, 6.45) is 3.08. The molecular weight excluding hydrogens is 493 g/mol. The molecule has 0 heterocycles. The van der Waals surface area contributed by atoms with E-state index in [0.29, 0.717) is 0 Å². The van der Waals surface area contributed by atoms with Gasteiger partial charge in [0.15, 0.2) is 0 Å². The summed E-state index contributed by atoms with van der Waals surface area (Å²) in [5, 5.41) is 8.86. The first-order chi connectivity index (χ1) is 9.58. The van der Waals surface area contributed by atoms with E-state index in [9.17, 15) is 0 Å². The van der Waals surface area contributed by atoms with Crippen molar-refractivity contribution in [2.24, 2.45) is 0 Å². The number of nitrogens with zero attached hydrogens (tertiary/aromatic N) is 3. The molecule has 0 aliphatic carbocycles. The van der Waals surface area contributed by atoms with Crippen molar-refractivity contribution in [1.82, 2.24) is 16.0 Å². The fourth-order valence-electron chi connectivity index (χ4n) is 0.890. The molecule has 0 amide bonds. The Hall–Kier alpha value is 1.38. The van der Waals surface area contributed by atoms with Crippen LogP contribution < -0.4 is 16.0 Å². The summed E-state index contributed by atoms with van der Waals surface area (Å²) in [6, 6.07) is 0. The molecule has 3 N–H and O–H groups in total. The zero-order chi connectivity index (χ0) is 15.6. The van der Waals surface area contributed by atoms with Crippen LogP contribution in [0.1, 0.15) is 40.0 Å². The molecule has 0 fully saturated rings. The van der Waals surface area contributed by atoms with Gasteiger partial charge in [-0.25, -0.2) is 0 Å². The average Bonchev–Trinajstić information content (AvgIpc) is 2.38. The van der Waals surface area contributed by atoms with Crippen molar-refractivity contribution in [3.05, 3.63) is 16.3 Å². The summed E-state index contributed by atoms with van der Waals surface area (Å²) in [6.45, 7) is 8.64. The first-order valence-corrected chi connectivity index (χ1v) is 17.5. The molecular formula is C9H24BCl3N6W-3. The molecule has 0 aromatic heterocycles. The molecule has 0 bridgehead atoms. The van der Waals surface area contributed by atoms with Gasteiger partial charge >= 0.3 is 49.6 Å². The van der Waals surface area contributed by atoms with Crippen LogP contribution in [-0.4, -0.2) is 26.8 Å². The second-order valence-corrected chi connectivity index (χ2v) is 16.4. The molecule has 0 aliphatic heterocycles. The fraction of sp³-hybridized carbons (Fsp3) is 1.00. The van der Waals surface area contributed by atoms with Crippen LogP contribution in [0.3, 0.4) is 0 Å². The predicted octanol–water partition coefficient (Wildman–Crippen LogP) is 3.90. The summed E-state index contributed by atoms with van der Waals surface area (Å²) in [5.41, 5.74) is 12.5. The van der Waals surface area contributed by atoms with Crippen molar-refractivity contribution in [2.45, 2.75) is 40.0 Å². The van der Waals surface area contributed by atoms with E-state index >= 15 is 0 Å². The Labute approximate surface area is 141 Å².